The van der Waals surface area contributed by atoms with Crippen LogP contribution >= 0.6 is 0 Å². The maximum absolute atomic E-state index is 6.94. The molecule has 61 heavy (non-hydrogen) atoms. The quantitative estimate of drug-likeness (QED) is 0.175. The normalized spacial score (nSPS) is 11.9. The molecule has 13 rings (SSSR count). The molecule has 0 spiro atoms. The van der Waals surface area contributed by atoms with Crippen molar-refractivity contribution < 1.29 is 4.42 Å². The number of aromatic nitrogens is 5. The Morgan fingerprint density at radius 3 is 1.74 bits per heavy atom. The maximum Gasteiger partial charge on any atom is 0.164 e. The van der Waals surface area contributed by atoms with Gasteiger partial charge in [-0.25, -0.2) is 15.0 Å². The van der Waals surface area contributed by atoms with Crippen LogP contribution in [0, 0.1) is 0 Å². The lowest BCUT2D eigenvalue weighted by Crippen LogP contribution is -2.01. The molecule has 0 atom stereocenters. The largest absolute Gasteiger partial charge is 0.454 e. The second-order valence-corrected chi connectivity index (χ2v) is 15.6. The third kappa shape index (κ3) is 5.06. The molecule has 284 valence electrons. The standard InChI is InChI=1S/C55H33N5O/c1-3-16-34(17-4-1)53-56-54(41-25-15-28-46-50(41)39-23-10-13-27-45(39)59(46)37-20-5-2-6-21-37)58-55(57-53)42-30-31-47(52-51(42)40-24-11-14-29-49(40)61-52)60-44-26-12-9-22-38(44)43-32-35-18-7-8-19-36(35)33-48(43)60/h1-33H. The summed E-state index contributed by atoms with van der Waals surface area (Å²) in [5.74, 6) is 1.78. The van der Waals surface area contributed by atoms with Gasteiger partial charge in [0.25, 0.3) is 0 Å². The molecule has 0 fully saturated rings. The van der Waals surface area contributed by atoms with E-state index in [0.717, 1.165) is 82.8 Å². The van der Waals surface area contributed by atoms with Gasteiger partial charge in [0, 0.05) is 54.7 Å². The first-order chi connectivity index (χ1) is 30.3. The number of nitrogens with zero attached hydrogens (tertiary/aromatic N) is 5. The SMILES string of the molecule is c1ccc(-c2nc(-c3ccc(-n4c5ccccc5c5cc6ccccc6cc54)c4oc5ccccc5c34)nc(-c3cccc4c3c3ccccc3n4-c3ccccc3)n2)cc1. The van der Waals surface area contributed by atoms with Gasteiger partial charge in [0.05, 0.1) is 27.8 Å². The van der Waals surface area contributed by atoms with Gasteiger partial charge in [-0.05, 0) is 71.4 Å². The van der Waals surface area contributed by atoms with Crippen molar-refractivity contribution in [2.45, 2.75) is 0 Å². The molecule has 0 aliphatic rings. The predicted molar refractivity (Wildman–Crippen MR) is 250 cm³/mol. The van der Waals surface area contributed by atoms with E-state index in [4.69, 9.17) is 19.4 Å². The third-order valence-electron chi connectivity index (χ3n) is 12.1. The molecule has 6 heteroatoms. The Hall–Kier alpha value is -8.35. The Kier molecular flexibility index (Phi) is 7.21. The first kappa shape index (κ1) is 33.6. The third-order valence-corrected chi connectivity index (χ3v) is 12.1. The molecule has 0 aliphatic carbocycles. The molecule has 0 bridgehead atoms. The van der Waals surface area contributed by atoms with Crippen molar-refractivity contribution >= 4 is 76.3 Å². The Morgan fingerprint density at radius 2 is 0.951 bits per heavy atom. The number of fused-ring (bicyclic) bond motifs is 10. The van der Waals surface area contributed by atoms with E-state index in [1.54, 1.807) is 0 Å². The summed E-state index contributed by atoms with van der Waals surface area (Å²) >= 11 is 0. The molecule has 13 aromatic rings. The molecular formula is C55H33N5O. The number of hydrogen-bond acceptors (Lipinski definition) is 4. The minimum absolute atomic E-state index is 0.573. The molecule has 0 radical (unpaired) electrons. The Labute approximate surface area is 349 Å². The minimum Gasteiger partial charge on any atom is -0.454 e. The first-order valence-electron chi connectivity index (χ1n) is 20.5. The topological polar surface area (TPSA) is 61.7 Å². The van der Waals surface area contributed by atoms with E-state index >= 15 is 0 Å². The van der Waals surface area contributed by atoms with Crippen molar-refractivity contribution in [3.05, 3.63) is 200 Å². The van der Waals surface area contributed by atoms with Gasteiger partial charge in [0.15, 0.2) is 23.1 Å². The van der Waals surface area contributed by atoms with Crippen LogP contribution in [0.2, 0.25) is 0 Å². The van der Waals surface area contributed by atoms with E-state index < -0.39 is 0 Å². The highest BCUT2D eigenvalue weighted by Crippen LogP contribution is 2.44. The molecule has 0 amide bonds. The number of furan rings is 1. The summed E-state index contributed by atoms with van der Waals surface area (Å²) in [6.07, 6.45) is 0. The summed E-state index contributed by atoms with van der Waals surface area (Å²) in [4.78, 5) is 16.0. The van der Waals surface area contributed by atoms with Gasteiger partial charge in [-0.2, -0.15) is 0 Å². The predicted octanol–water partition coefficient (Wildman–Crippen LogP) is 14.1. The lowest BCUT2D eigenvalue weighted by atomic mass is 10.0. The van der Waals surface area contributed by atoms with Crippen molar-refractivity contribution in [2.75, 3.05) is 0 Å². The van der Waals surface area contributed by atoms with E-state index in [9.17, 15) is 0 Å². The van der Waals surface area contributed by atoms with Crippen LogP contribution in [0.15, 0.2) is 205 Å². The monoisotopic (exact) mass is 779 g/mol. The van der Waals surface area contributed by atoms with Crippen LogP contribution in [0.5, 0.6) is 0 Å². The fraction of sp³-hybridized carbons (Fsp3) is 0. The van der Waals surface area contributed by atoms with Crippen molar-refractivity contribution in [3.8, 4) is 45.5 Å². The molecule has 0 aliphatic heterocycles. The van der Waals surface area contributed by atoms with E-state index in [0.29, 0.717) is 17.5 Å². The zero-order chi connectivity index (χ0) is 40.0. The average molecular weight is 780 g/mol. The second kappa shape index (κ2) is 13.1. The van der Waals surface area contributed by atoms with Crippen molar-refractivity contribution in [3.63, 3.8) is 0 Å². The number of hydrogen-bond donors (Lipinski definition) is 0. The molecule has 0 saturated carbocycles. The summed E-state index contributed by atoms with van der Waals surface area (Å²) in [5, 5.41) is 8.95. The van der Waals surface area contributed by atoms with Gasteiger partial charge in [0.1, 0.15) is 5.58 Å². The number of benzene rings is 9. The molecule has 0 saturated heterocycles. The van der Waals surface area contributed by atoms with Gasteiger partial charge in [0.2, 0.25) is 0 Å². The molecular weight excluding hydrogens is 747 g/mol. The van der Waals surface area contributed by atoms with E-state index in [1.807, 2.05) is 30.3 Å². The van der Waals surface area contributed by atoms with Crippen molar-refractivity contribution in [1.29, 1.82) is 0 Å². The van der Waals surface area contributed by atoms with Gasteiger partial charge in [-0.15, -0.1) is 0 Å². The zero-order valence-electron chi connectivity index (χ0n) is 32.7. The summed E-state index contributed by atoms with van der Waals surface area (Å²) in [6, 6.07) is 70.1. The minimum atomic E-state index is 0.573. The van der Waals surface area contributed by atoms with Gasteiger partial charge >= 0.3 is 0 Å². The second-order valence-electron chi connectivity index (χ2n) is 15.6. The smallest absolute Gasteiger partial charge is 0.164 e. The van der Waals surface area contributed by atoms with Gasteiger partial charge in [-0.1, -0.05) is 140 Å². The van der Waals surface area contributed by atoms with Crippen molar-refractivity contribution in [2.24, 2.45) is 0 Å². The Morgan fingerprint density at radius 1 is 0.361 bits per heavy atom. The zero-order valence-corrected chi connectivity index (χ0v) is 32.7. The fourth-order valence-corrected chi connectivity index (χ4v) is 9.49. The summed E-state index contributed by atoms with van der Waals surface area (Å²) < 4.78 is 11.6. The van der Waals surface area contributed by atoms with Gasteiger partial charge < -0.3 is 13.6 Å². The van der Waals surface area contributed by atoms with Crippen LogP contribution in [-0.2, 0) is 0 Å². The summed E-state index contributed by atoms with van der Waals surface area (Å²) in [6.45, 7) is 0. The molecule has 4 heterocycles. The van der Waals surface area contributed by atoms with Crippen LogP contribution < -0.4 is 0 Å². The highest BCUT2D eigenvalue weighted by molar-refractivity contribution is 6.18. The highest BCUT2D eigenvalue weighted by Gasteiger charge is 2.24. The summed E-state index contributed by atoms with van der Waals surface area (Å²) in [5.41, 5.74) is 10.8. The van der Waals surface area contributed by atoms with Gasteiger partial charge in [-0.3, -0.25) is 0 Å². The average Bonchev–Trinajstić information content (AvgIpc) is 3.99. The molecule has 0 N–H and O–H groups in total. The van der Waals surface area contributed by atoms with Crippen LogP contribution in [0.1, 0.15) is 0 Å². The summed E-state index contributed by atoms with van der Waals surface area (Å²) in [7, 11) is 0. The first-order valence-corrected chi connectivity index (χ1v) is 20.5. The highest BCUT2D eigenvalue weighted by atomic mass is 16.3. The number of para-hydroxylation sites is 4. The van der Waals surface area contributed by atoms with E-state index in [1.165, 1.54) is 21.5 Å². The lowest BCUT2D eigenvalue weighted by molar-refractivity contribution is 0.666. The fourth-order valence-electron chi connectivity index (χ4n) is 9.49. The molecule has 4 aromatic heterocycles. The molecule has 9 aromatic carbocycles. The lowest BCUT2D eigenvalue weighted by Gasteiger charge is -2.13. The van der Waals surface area contributed by atoms with Crippen LogP contribution in [-0.4, -0.2) is 24.1 Å². The van der Waals surface area contributed by atoms with E-state index in [-0.39, 0.29) is 0 Å². The number of rotatable bonds is 5. The van der Waals surface area contributed by atoms with Crippen molar-refractivity contribution in [1.82, 2.24) is 24.1 Å². The maximum atomic E-state index is 6.94. The van der Waals surface area contributed by atoms with Crippen LogP contribution in [0.4, 0.5) is 0 Å². The Bertz CT molecular complexity index is 3880. The van der Waals surface area contributed by atoms with E-state index in [2.05, 4.69) is 179 Å². The Balaban J connectivity index is 1.10. The molecule has 6 nitrogen and oxygen atoms in total. The molecule has 0 unspecified atom stereocenters. The van der Waals surface area contributed by atoms with Crippen LogP contribution in [0.3, 0.4) is 0 Å². The van der Waals surface area contributed by atoms with Crippen LogP contribution in [0.25, 0.3) is 122 Å².